The van der Waals surface area contributed by atoms with Crippen LogP contribution in [0.4, 0.5) is 0 Å². The van der Waals surface area contributed by atoms with Gasteiger partial charge in [-0.05, 0) is 24.6 Å². The van der Waals surface area contributed by atoms with Crippen LogP contribution in [0.25, 0.3) is 0 Å². The van der Waals surface area contributed by atoms with Gasteiger partial charge in [-0.15, -0.1) is 0 Å². The Kier molecular flexibility index (Phi) is 4.63. The second kappa shape index (κ2) is 6.43. The lowest BCUT2D eigenvalue weighted by Gasteiger charge is -2.03. The zero-order valence-corrected chi connectivity index (χ0v) is 12.1. The van der Waals surface area contributed by atoms with Crippen LogP contribution in [-0.4, -0.2) is 29.5 Å². The van der Waals surface area contributed by atoms with Crippen LogP contribution in [0.15, 0.2) is 30.5 Å². The van der Waals surface area contributed by atoms with E-state index < -0.39 is 5.97 Å². The molecule has 1 heterocycles. The second-order valence-electron chi connectivity index (χ2n) is 4.10. The quantitative estimate of drug-likeness (QED) is 0.796. The maximum absolute atomic E-state index is 11.6. The Bertz CT molecular complexity index is 593. The number of hydrogen-bond donors (Lipinski definition) is 0. The van der Waals surface area contributed by atoms with Crippen LogP contribution in [0.1, 0.15) is 22.8 Å². The van der Waals surface area contributed by atoms with E-state index in [0.29, 0.717) is 13.2 Å². The van der Waals surface area contributed by atoms with Gasteiger partial charge in [0.25, 0.3) is 0 Å². The van der Waals surface area contributed by atoms with Crippen LogP contribution in [-0.2, 0) is 11.3 Å². The molecule has 0 N–H and O–H groups in total. The summed E-state index contributed by atoms with van der Waals surface area (Å²) in [5, 5.41) is 4.25. The molecule has 1 aromatic heterocycles. The lowest BCUT2D eigenvalue weighted by molar-refractivity contribution is 0.0526. The number of halogens is 1. The zero-order valence-electron chi connectivity index (χ0n) is 11.3. The Morgan fingerprint density at radius 2 is 2.05 bits per heavy atom. The first-order valence-corrected chi connectivity index (χ1v) is 6.54. The average Bonchev–Trinajstić information content (AvgIpc) is 2.81. The monoisotopic (exact) mass is 294 g/mol. The lowest BCUT2D eigenvalue weighted by Crippen LogP contribution is -2.04. The predicted molar refractivity (Wildman–Crippen MR) is 75.3 cm³/mol. The molecule has 0 atom stereocenters. The Morgan fingerprint density at radius 3 is 2.65 bits per heavy atom. The average molecular weight is 295 g/mol. The van der Waals surface area contributed by atoms with E-state index in [0.717, 1.165) is 11.3 Å². The molecule has 0 saturated heterocycles. The third kappa shape index (κ3) is 3.30. The van der Waals surface area contributed by atoms with Gasteiger partial charge in [0.05, 0.1) is 20.3 Å². The zero-order chi connectivity index (χ0) is 14.5. The van der Waals surface area contributed by atoms with Gasteiger partial charge in [0.1, 0.15) is 11.3 Å². The number of methoxy groups -OCH3 is 1. The number of carbonyl (C=O) groups is 1. The molecule has 106 valence electrons. The van der Waals surface area contributed by atoms with E-state index in [9.17, 15) is 4.79 Å². The van der Waals surface area contributed by atoms with E-state index in [-0.39, 0.29) is 10.7 Å². The van der Waals surface area contributed by atoms with Crippen LogP contribution < -0.4 is 4.74 Å². The standard InChI is InChI=1S/C14H15ClN2O3/c1-3-20-14(18)12-9-17(16-13(12)15)8-10-4-6-11(19-2)7-5-10/h4-7,9H,3,8H2,1-2H3. The number of ether oxygens (including phenoxy) is 2. The summed E-state index contributed by atoms with van der Waals surface area (Å²) in [6.07, 6.45) is 1.59. The third-order valence-corrected chi connectivity index (χ3v) is 2.99. The van der Waals surface area contributed by atoms with Gasteiger partial charge in [-0.2, -0.15) is 5.10 Å². The van der Waals surface area contributed by atoms with E-state index >= 15 is 0 Å². The fourth-order valence-corrected chi connectivity index (χ4v) is 1.97. The minimum absolute atomic E-state index is 0.150. The summed E-state index contributed by atoms with van der Waals surface area (Å²) in [6, 6.07) is 7.59. The molecule has 0 aliphatic rings. The van der Waals surface area contributed by atoms with E-state index in [1.54, 1.807) is 24.9 Å². The van der Waals surface area contributed by atoms with Gasteiger partial charge in [-0.25, -0.2) is 4.79 Å². The number of carbonyl (C=O) groups excluding carboxylic acids is 1. The van der Waals surface area contributed by atoms with Crippen molar-refractivity contribution >= 4 is 17.6 Å². The minimum Gasteiger partial charge on any atom is -0.497 e. The van der Waals surface area contributed by atoms with Gasteiger partial charge >= 0.3 is 5.97 Å². The van der Waals surface area contributed by atoms with Crippen LogP contribution in [0.3, 0.4) is 0 Å². The molecule has 0 amide bonds. The van der Waals surface area contributed by atoms with E-state index in [2.05, 4.69) is 5.10 Å². The molecule has 0 aliphatic carbocycles. The largest absolute Gasteiger partial charge is 0.497 e. The normalized spacial score (nSPS) is 10.3. The summed E-state index contributed by atoms with van der Waals surface area (Å²) in [5.74, 6) is 0.331. The molecular weight excluding hydrogens is 280 g/mol. The van der Waals surface area contributed by atoms with Gasteiger partial charge < -0.3 is 9.47 Å². The van der Waals surface area contributed by atoms with Crippen molar-refractivity contribution in [3.8, 4) is 5.75 Å². The molecule has 6 heteroatoms. The summed E-state index contributed by atoms with van der Waals surface area (Å²) >= 11 is 5.94. The van der Waals surface area contributed by atoms with Crippen LogP contribution in [0.5, 0.6) is 5.75 Å². The predicted octanol–water partition coefficient (Wildman–Crippen LogP) is 2.77. The first-order valence-electron chi connectivity index (χ1n) is 6.17. The van der Waals surface area contributed by atoms with Gasteiger partial charge in [0.15, 0.2) is 5.15 Å². The van der Waals surface area contributed by atoms with Crippen molar-refractivity contribution in [1.29, 1.82) is 0 Å². The van der Waals surface area contributed by atoms with Crippen molar-refractivity contribution in [3.05, 3.63) is 46.7 Å². The molecule has 0 unspecified atom stereocenters. The Hall–Kier alpha value is -2.01. The van der Waals surface area contributed by atoms with Gasteiger partial charge in [0, 0.05) is 6.20 Å². The topological polar surface area (TPSA) is 53.4 Å². The fourth-order valence-electron chi connectivity index (χ4n) is 1.74. The first kappa shape index (κ1) is 14.4. The highest BCUT2D eigenvalue weighted by Gasteiger charge is 2.15. The smallest absolute Gasteiger partial charge is 0.342 e. The minimum atomic E-state index is -0.460. The van der Waals surface area contributed by atoms with Crippen LogP contribution in [0, 0.1) is 0 Å². The molecule has 0 spiro atoms. The number of benzene rings is 1. The van der Waals surface area contributed by atoms with Gasteiger partial charge in [-0.3, -0.25) is 4.68 Å². The summed E-state index contributed by atoms with van der Waals surface area (Å²) in [7, 11) is 1.62. The Labute approximate surface area is 122 Å². The molecule has 1 aromatic carbocycles. The van der Waals surface area contributed by atoms with Crippen molar-refractivity contribution in [2.45, 2.75) is 13.5 Å². The molecule has 0 saturated carbocycles. The third-order valence-electron chi connectivity index (χ3n) is 2.72. The molecule has 20 heavy (non-hydrogen) atoms. The molecule has 2 rings (SSSR count). The van der Waals surface area contributed by atoms with E-state index in [1.807, 2.05) is 24.3 Å². The van der Waals surface area contributed by atoms with Crippen molar-refractivity contribution in [3.63, 3.8) is 0 Å². The maximum Gasteiger partial charge on any atom is 0.342 e. The molecular formula is C14H15ClN2O3. The number of aromatic nitrogens is 2. The first-order chi connectivity index (χ1) is 9.63. The number of rotatable bonds is 5. The Morgan fingerprint density at radius 1 is 1.35 bits per heavy atom. The van der Waals surface area contributed by atoms with Crippen molar-refractivity contribution in [2.24, 2.45) is 0 Å². The van der Waals surface area contributed by atoms with E-state index in [1.165, 1.54) is 0 Å². The van der Waals surface area contributed by atoms with Crippen molar-refractivity contribution in [2.75, 3.05) is 13.7 Å². The SMILES string of the molecule is CCOC(=O)c1cn(Cc2ccc(OC)cc2)nc1Cl. The van der Waals surface area contributed by atoms with Crippen LogP contribution >= 0.6 is 11.6 Å². The fraction of sp³-hybridized carbons (Fsp3) is 0.286. The lowest BCUT2D eigenvalue weighted by atomic mass is 10.2. The second-order valence-corrected chi connectivity index (χ2v) is 4.46. The highest BCUT2D eigenvalue weighted by atomic mass is 35.5. The molecule has 0 fully saturated rings. The van der Waals surface area contributed by atoms with Crippen LogP contribution in [0.2, 0.25) is 5.15 Å². The molecule has 0 radical (unpaired) electrons. The van der Waals surface area contributed by atoms with Gasteiger partial charge in [-0.1, -0.05) is 23.7 Å². The summed E-state index contributed by atoms with van der Waals surface area (Å²) < 4.78 is 11.6. The molecule has 0 bridgehead atoms. The number of hydrogen-bond acceptors (Lipinski definition) is 4. The maximum atomic E-state index is 11.6. The highest BCUT2D eigenvalue weighted by molar-refractivity contribution is 6.32. The molecule has 5 nitrogen and oxygen atoms in total. The summed E-state index contributed by atoms with van der Waals surface area (Å²) in [6.45, 7) is 2.57. The van der Waals surface area contributed by atoms with Gasteiger partial charge in [0.2, 0.25) is 0 Å². The van der Waals surface area contributed by atoms with Crippen molar-refractivity contribution in [1.82, 2.24) is 9.78 Å². The highest BCUT2D eigenvalue weighted by Crippen LogP contribution is 2.17. The molecule has 0 aliphatic heterocycles. The Balaban J connectivity index is 2.13. The van der Waals surface area contributed by atoms with E-state index in [4.69, 9.17) is 21.1 Å². The molecule has 2 aromatic rings. The number of esters is 1. The van der Waals surface area contributed by atoms with Crippen molar-refractivity contribution < 1.29 is 14.3 Å². The summed E-state index contributed by atoms with van der Waals surface area (Å²) in [4.78, 5) is 11.6. The number of nitrogens with zero attached hydrogens (tertiary/aromatic N) is 2. The summed E-state index contributed by atoms with van der Waals surface area (Å²) in [5.41, 5.74) is 1.31.